The molecule has 1 saturated heterocycles. The summed E-state index contributed by atoms with van der Waals surface area (Å²) < 4.78 is 5.24. The van der Waals surface area contributed by atoms with E-state index < -0.39 is 101 Å². The van der Waals surface area contributed by atoms with Gasteiger partial charge in [0.1, 0.15) is 28.8 Å². The van der Waals surface area contributed by atoms with Gasteiger partial charge in [-0.15, -0.1) is 0 Å². The number of fused-ring (bicyclic) bond motifs is 3. The number of hydrogen-bond acceptors (Lipinski definition) is 13. The number of nitrogens with zero attached hydrogens (tertiary/aromatic N) is 2. The van der Waals surface area contributed by atoms with E-state index in [-0.39, 0.29) is 19.0 Å². The van der Waals surface area contributed by atoms with Crippen molar-refractivity contribution in [2.45, 2.75) is 86.4 Å². The number of carboxylic acids is 1. The second-order valence-corrected chi connectivity index (χ2v) is 13.0. The van der Waals surface area contributed by atoms with Gasteiger partial charge in [0.25, 0.3) is 0 Å². The van der Waals surface area contributed by atoms with Crippen LogP contribution in [0.3, 0.4) is 0 Å². The number of carbonyl (C=O) groups is 3. The van der Waals surface area contributed by atoms with Crippen molar-refractivity contribution in [1.82, 2.24) is 10.2 Å². The molecule has 0 radical (unpaired) electrons. The maximum Gasteiger partial charge on any atom is 0.342 e. The Bertz CT molecular complexity index is 1330. The predicted molar refractivity (Wildman–Crippen MR) is 150 cm³/mol. The van der Waals surface area contributed by atoms with Gasteiger partial charge >= 0.3 is 5.97 Å². The van der Waals surface area contributed by atoms with Gasteiger partial charge in [0.15, 0.2) is 17.7 Å². The molecule has 4 aliphatic carbocycles. The zero-order valence-electron chi connectivity index (χ0n) is 24.8. The van der Waals surface area contributed by atoms with E-state index in [2.05, 4.69) is 10.3 Å². The number of Topliss-reactive ketones (excluding diaryl/α,β-unsaturated/α-hetero) is 2. The van der Waals surface area contributed by atoms with E-state index in [4.69, 9.17) is 4.74 Å². The normalized spacial score (nSPS) is 43.7. The van der Waals surface area contributed by atoms with Crippen LogP contribution in [0.25, 0.3) is 0 Å². The molecule has 0 amide bonds. The lowest BCUT2D eigenvalue weighted by Gasteiger charge is -2.62. The van der Waals surface area contributed by atoms with Crippen LogP contribution in [0, 0.1) is 17.8 Å². The minimum Gasteiger partial charge on any atom is -0.508 e. The topological polar surface area (TPSA) is 250 Å². The van der Waals surface area contributed by atoms with Crippen molar-refractivity contribution in [1.29, 1.82) is 0 Å². The Morgan fingerprint density at radius 2 is 1.91 bits per heavy atom. The molecule has 0 spiro atoms. The average molecular weight is 624 g/mol. The molecule has 0 bridgehead atoms. The number of aliphatic hydroxyl groups is 7. The first-order valence-electron chi connectivity index (χ1n) is 14.7. The Balaban J connectivity index is 1.48. The third-order valence-corrected chi connectivity index (χ3v) is 10.2. The first-order valence-corrected chi connectivity index (χ1v) is 14.7. The minimum absolute atomic E-state index is 0.00340. The summed E-state index contributed by atoms with van der Waals surface area (Å²) in [6.07, 6.45) is -4.04. The number of likely N-dealkylation sites (N-methyl/N-ethyl adjacent to an activating group) is 1. The molecule has 0 aromatic heterocycles. The molecule has 0 aromatic carbocycles. The molecule has 8 unspecified atom stereocenters. The van der Waals surface area contributed by atoms with Gasteiger partial charge < -0.3 is 55.8 Å². The summed E-state index contributed by atoms with van der Waals surface area (Å²) in [6.45, 7) is 2.10. The smallest absolute Gasteiger partial charge is 0.342 e. The van der Waals surface area contributed by atoms with E-state index in [1.165, 1.54) is 0 Å². The highest BCUT2D eigenvalue weighted by Gasteiger charge is 2.75. The lowest BCUT2D eigenvalue weighted by Crippen LogP contribution is -2.78. The molecule has 44 heavy (non-hydrogen) atoms. The van der Waals surface area contributed by atoms with Gasteiger partial charge in [-0.1, -0.05) is 6.08 Å². The number of aliphatic hydroxyl groups excluding tert-OH is 4. The molecule has 3 fully saturated rings. The van der Waals surface area contributed by atoms with Crippen LogP contribution in [0.2, 0.25) is 0 Å². The quantitative estimate of drug-likeness (QED) is 0.0800. The molecule has 11 atom stereocenters. The molecule has 244 valence electrons. The molecule has 5 rings (SSSR count). The number of aliphatic carboxylic acids is 1. The number of ketones is 2. The molecular weight excluding hydrogens is 582 g/mol. The number of aliphatic imine (C=N–C) groups is 1. The first kappa shape index (κ1) is 32.6. The van der Waals surface area contributed by atoms with E-state index in [0.717, 1.165) is 0 Å². The van der Waals surface area contributed by atoms with E-state index in [1.54, 1.807) is 32.0 Å². The Morgan fingerprint density at radius 1 is 1.23 bits per heavy atom. The fraction of sp³-hybridized carbons (Fsp3) is 0.724. The monoisotopic (exact) mass is 623 g/mol. The van der Waals surface area contributed by atoms with E-state index >= 15 is 0 Å². The largest absolute Gasteiger partial charge is 0.508 e. The van der Waals surface area contributed by atoms with Crippen molar-refractivity contribution in [3.05, 3.63) is 23.0 Å². The fourth-order valence-electron chi connectivity index (χ4n) is 8.13. The third-order valence-electron chi connectivity index (χ3n) is 10.2. The number of amidine groups is 1. The molecule has 15 heteroatoms. The predicted octanol–water partition coefficient (Wildman–Crippen LogP) is -2.63. The van der Waals surface area contributed by atoms with Gasteiger partial charge in [-0.3, -0.25) is 14.6 Å². The summed E-state index contributed by atoms with van der Waals surface area (Å²) in [7, 11) is 3.49. The highest BCUT2D eigenvalue weighted by Crippen LogP contribution is 2.59. The van der Waals surface area contributed by atoms with Gasteiger partial charge in [-0.05, 0) is 45.4 Å². The minimum atomic E-state index is -3.16. The Hall–Kier alpha value is -2.76. The first-order chi connectivity index (χ1) is 20.5. The SMILES string of the molecule is CCOC(O)C1CCC(=NCC2=CC(N(C)C)C3C[C@@]4(O)C[C@@]5(O)CC(=O)C(C(=O)O)=C(O)[C@@]5(O)C(O)C4C(=O)C3C2O)N1. The molecule has 1 aliphatic heterocycles. The Kier molecular flexibility index (Phi) is 8.34. The maximum atomic E-state index is 14.2. The Morgan fingerprint density at radius 3 is 2.52 bits per heavy atom. The third kappa shape index (κ3) is 4.81. The number of ether oxygens (including phenoxy) is 1. The molecule has 0 aromatic rings. The highest BCUT2D eigenvalue weighted by molar-refractivity contribution is 6.18. The second kappa shape index (κ2) is 11.2. The molecule has 2 saturated carbocycles. The molecule has 1 heterocycles. The number of nitrogens with one attached hydrogen (secondary N) is 1. The summed E-state index contributed by atoms with van der Waals surface area (Å²) in [6, 6.07) is -0.862. The molecule has 5 aliphatic rings. The van der Waals surface area contributed by atoms with Crippen molar-refractivity contribution >= 4 is 23.4 Å². The standard InChI is InChI=1S/C29H41N3O12/c1-4-44-26(40)14-5-6-17(31-14)30-10-12-7-15(32(2)3)13-8-27(41)11-28(42)9-16(33)19(25(38)39)23(36)29(28,43)24(37)20(27)22(35)18(13)21(12)34/h7,13-15,18,20-21,24,26,34,36-37,40-43H,4-6,8-11H2,1-3H3,(H,30,31)(H,38,39)/t13?,14?,15?,18?,20?,21?,24?,26?,27-,28+,29-/m1/s1. The summed E-state index contributed by atoms with van der Waals surface area (Å²) in [5.41, 5.74) is -8.86. The second-order valence-electron chi connectivity index (χ2n) is 13.0. The fourth-order valence-corrected chi connectivity index (χ4v) is 8.13. The van der Waals surface area contributed by atoms with Crippen LogP contribution in [-0.4, -0.2) is 144 Å². The van der Waals surface area contributed by atoms with Crippen LogP contribution in [0.1, 0.15) is 39.0 Å². The van der Waals surface area contributed by atoms with E-state index in [9.17, 15) is 55.2 Å². The number of carboxylic acid groups (broad SMARTS) is 1. The van der Waals surface area contributed by atoms with Gasteiger partial charge in [0.2, 0.25) is 0 Å². The van der Waals surface area contributed by atoms with Crippen LogP contribution < -0.4 is 5.32 Å². The summed E-state index contributed by atoms with van der Waals surface area (Å²) in [5, 5.41) is 91.3. The molecule has 9 N–H and O–H groups in total. The van der Waals surface area contributed by atoms with Crippen LogP contribution in [0.5, 0.6) is 0 Å². The maximum absolute atomic E-state index is 14.2. The van der Waals surface area contributed by atoms with Crippen molar-refractivity contribution in [2.24, 2.45) is 22.7 Å². The highest BCUT2D eigenvalue weighted by atomic mass is 16.6. The summed E-state index contributed by atoms with van der Waals surface area (Å²) in [5.74, 6) is -8.62. The number of rotatable bonds is 7. The van der Waals surface area contributed by atoms with Crippen LogP contribution in [0.4, 0.5) is 0 Å². The summed E-state index contributed by atoms with van der Waals surface area (Å²) >= 11 is 0. The molecule has 15 nitrogen and oxygen atoms in total. The van der Waals surface area contributed by atoms with Gasteiger partial charge in [-0.25, -0.2) is 4.79 Å². The van der Waals surface area contributed by atoms with Gasteiger partial charge in [0.05, 0.1) is 42.0 Å². The lowest BCUT2D eigenvalue weighted by atomic mass is 9.47. The summed E-state index contributed by atoms with van der Waals surface area (Å²) in [4.78, 5) is 44.8. The lowest BCUT2D eigenvalue weighted by molar-refractivity contribution is -0.287. The van der Waals surface area contributed by atoms with Crippen molar-refractivity contribution in [2.75, 3.05) is 27.2 Å². The number of carbonyl (C=O) groups excluding carboxylic acids is 2. The number of hydrogen-bond donors (Lipinski definition) is 9. The zero-order chi connectivity index (χ0) is 32.5. The Labute approximate surface area is 253 Å². The van der Waals surface area contributed by atoms with Crippen molar-refractivity contribution in [3.8, 4) is 0 Å². The van der Waals surface area contributed by atoms with E-state index in [1.807, 2.05) is 0 Å². The van der Waals surface area contributed by atoms with Crippen LogP contribution in [-0.2, 0) is 19.1 Å². The van der Waals surface area contributed by atoms with Crippen LogP contribution >= 0.6 is 0 Å². The van der Waals surface area contributed by atoms with Gasteiger partial charge in [0, 0.05) is 31.9 Å². The average Bonchev–Trinajstić information content (AvgIpc) is 3.39. The molecular formula is C29H41N3O12. The van der Waals surface area contributed by atoms with Crippen LogP contribution in [0.15, 0.2) is 28.0 Å². The van der Waals surface area contributed by atoms with Gasteiger partial charge in [-0.2, -0.15) is 0 Å². The van der Waals surface area contributed by atoms with Crippen molar-refractivity contribution in [3.63, 3.8) is 0 Å². The van der Waals surface area contributed by atoms with Crippen molar-refractivity contribution < 1.29 is 60.0 Å². The zero-order valence-corrected chi connectivity index (χ0v) is 24.8. The van der Waals surface area contributed by atoms with E-state index in [0.29, 0.717) is 30.9 Å².